The number of hydrogen-bond donors (Lipinski definition) is 2. The van der Waals surface area contributed by atoms with E-state index in [0.29, 0.717) is 0 Å². The fraction of sp³-hybridized carbons (Fsp3) is 0.615. The van der Waals surface area contributed by atoms with Gasteiger partial charge in [-0.3, -0.25) is 4.90 Å². The predicted octanol–water partition coefficient (Wildman–Crippen LogP) is 1.47. The lowest BCUT2D eigenvalue weighted by atomic mass is 9.95. The molecular formula is C13H21N3O. The van der Waals surface area contributed by atoms with Crippen LogP contribution in [-0.4, -0.2) is 40.7 Å². The van der Waals surface area contributed by atoms with Gasteiger partial charge in [-0.25, -0.2) is 4.98 Å². The van der Waals surface area contributed by atoms with Gasteiger partial charge >= 0.3 is 0 Å². The average Bonchev–Trinajstić information content (AvgIpc) is 2.29. The number of pyridine rings is 1. The highest BCUT2D eigenvalue weighted by atomic mass is 16.3. The molecule has 0 spiro atoms. The van der Waals surface area contributed by atoms with Crippen LogP contribution < -0.4 is 5.32 Å². The van der Waals surface area contributed by atoms with Crippen LogP contribution >= 0.6 is 0 Å². The van der Waals surface area contributed by atoms with Gasteiger partial charge in [-0.2, -0.15) is 0 Å². The summed E-state index contributed by atoms with van der Waals surface area (Å²) in [5.41, 5.74) is 0.665. The molecule has 1 unspecified atom stereocenters. The summed E-state index contributed by atoms with van der Waals surface area (Å²) < 4.78 is 0. The molecule has 1 aliphatic heterocycles. The lowest BCUT2D eigenvalue weighted by Gasteiger charge is -2.36. The number of β-amino-alcohol motifs (C(OH)–C–C–N with tert-alkyl or cyclic N) is 1. The van der Waals surface area contributed by atoms with E-state index < -0.39 is 5.60 Å². The normalized spacial score (nSPS) is 25.8. The standard InChI is InChI=1S/C13H21N3O/c1-13(17)6-3-7-16(10-13)9-11-4-5-12(14-2)15-8-11/h4-5,8,17H,3,6-7,9-10H2,1-2H3,(H,14,15). The topological polar surface area (TPSA) is 48.4 Å². The largest absolute Gasteiger partial charge is 0.389 e. The van der Waals surface area contributed by atoms with Gasteiger partial charge in [-0.15, -0.1) is 0 Å². The molecule has 0 saturated carbocycles. The van der Waals surface area contributed by atoms with Crippen molar-refractivity contribution in [1.82, 2.24) is 9.88 Å². The van der Waals surface area contributed by atoms with Gasteiger partial charge in [-0.05, 0) is 37.9 Å². The van der Waals surface area contributed by atoms with Gasteiger partial charge < -0.3 is 10.4 Å². The zero-order chi connectivity index (χ0) is 12.3. The van der Waals surface area contributed by atoms with Crippen molar-refractivity contribution in [2.45, 2.75) is 31.9 Å². The second kappa shape index (κ2) is 5.02. The first-order valence-electron chi connectivity index (χ1n) is 6.16. The third kappa shape index (κ3) is 3.41. The molecule has 1 saturated heterocycles. The van der Waals surface area contributed by atoms with Gasteiger partial charge in [0.25, 0.3) is 0 Å². The van der Waals surface area contributed by atoms with Gasteiger partial charge in [0.15, 0.2) is 0 Å². The summed E-state index contributed by atoms with van der Waals surface area (Å²) in [5, 5.41) is 13.0. The Morgan fingerprint density at radius 1 is 1.53 bits per heavy atom. The summed E-state index contributed by atoms with van der Waals surface area (Å²) in [6, 6.07) is 4.07. The molecule has 4 nitrogen and oxygen atoms in total. The maximum absolute atomic E-state index is 10.0. The Bertz CT molecular complexity index is 361. The van der Waals surface area contributed by atoms with Crippen LogP contribution in [0.1, 0.15) is 25.3 Å². The van der Waals surface area contributed by atoms with Crippen LogP contribution in [0, 0.1) is 0 Å². The van der Waals surface area contributed by atoms with Crippen LogP contribution in [0.3, 0.4) is 0 Å². The molecule has 1 aliphatic rings. The second-order valence-electron chi connectivity index (χ2n) is 5.11. The highest BCUT2D eigenvalue weighted by molar-refractivity contribution is 5.34. The van der Waals surface area contributed by atoms with Crippen molar-refractivity contribution in [2.24, 2.45) is 0 Å². The van der Waals surface area contributed by atoms with Crippen molar-refractivity contribution in [3.05, 3.63) is 23.9 Å². The molecule has 1 aromatic heterocycles. The van der Waals surface area contributed by atoms with Gasteiger partial charge in [0, 0.05) is 26.3 Å². The maximum Gasteiger partial charge on any atom is 0.125 e. The van der Waals surface area contributed by atoms with E-state index in [1.54, 1.807) is 0 Å². The Kier molecular flexibility index (Phi) is 3.64. The average molecular weight is 235 g/mol. The molecule has 2 rings (SSSR count). The first-order valence-corrected chi connectivity index (χ1v) is 6.16. The molecule has 0 radical (unpaired) electrons. The quantitative estimate of drug-likeness (QED) is 0.833. The predicted molar refractivity (Wildman–Crippen MR) is 68.9 cm³/mol. The smallest absolute Gasteiger partial charge is 0.125 e. The van der Waals surface area contributed by atoms with E-state index in [2.05, 4.69) is 21.3 Å². The molecular weight excluding hydrogens is 214 g/mol. The fourth-order valence-electron chi connectivity index (χ4n) is 2.38. The second-order valence-corrected chi connectivity index (χ2v) is 5.11. The van der Waals surface area contributed by atoms with E-state index in [9.17, 15) is 5.11 Å². The monoisotopic (exact) mass is 235 g/mol. The minimum Gasteiger partial charge on any atom is -0.389 e. The Morgan fingerprint density at radius 2 is 2.35 bits per heavy atom. The van der Waals surface area contributed by atoms with E-state index in [4.69, 9.17) is 0 Å². The number of hydrogen-bond acceptors (Lipinski definition) is 4. The van der Waals surface area contributed by atoms with E-state index in [1.807, 2.05) is 26.2 Å². The van der Waals surface area contributed by atoms with Crippen molar-refractivity contribution in [1.29, 1.82) is 0 Å². The molecule has 0 amide bonds. The van der Waals surface area contributed by atoms with Gasteiger partial charge in [-0.1, -0.05) is 6.07 Å². The third-order valence-electron chi connectivity index (χ3n) is 3.24. The summed E-state index contributed by atoms with van der Waals surface area (Å²) in [5.74, 6) is 0.888. The Labute approximate surface area is 103 Å². The van der Waals surface area contributed by atoms with Crippen molar-refractivity contribution in [3.8, 4) is 0 Å². The fourth-order valence-corrected chi connectivity index (χ4v) is 2.38. The minimum atomic E-state index is -0.531. The van der Waals surface area contributed by atoms with Crippen LogP contribution in [-0.2, 0) is 6.54 Å². The van der Waals surface area contributed by atoms with E-state index in [1.165, 1.54) is 5.56 Å². The number of piperidine rings is 1. The maximum atomic E-state index is 10.0. The Hall–Kier alpha value is -1.13. The molecule has 1 fully saturated rings. The van der Waals surface area contributed by atoms with Crippen LogP contribution in [0.5, 0.6) is 0 Å². The molecule has 4 heteroatoms. The Morgan fingerprint density at radius 3 is 2.94 bits per heavy atom. The lowest BCUT2D eigenvalue weighted by molar-refractivity contribution is -0.0181. The Balaban J connectivity index is 1.95. The molecule has 2 N–H and O–H groups in total. The van der Waals surface area contributed by atoms with Crippen molar-refractivity contribution < 1.29 is 5.11 Å². The zero-order valence-corrected chi connectivity index (χ0v) is 10.6. The summed E-state index contributed by atoms with van der Waals surface area (Å²) in [6.07, 6.45) is 3.87. The van der Waals surface area contributed by atoms with Crippen LogP contribution in [0.25, 0.3) is 0 Å². The van der Waals surface area contributed by atoms with Crippen LogP contribution in [0.2, 0.25) is 0 Å². The highest BCUT2D eigenvalue weighted by Crippen LogP contribution is 2.21. The van der Waals surface area contributed by atoms with E-state index in [-0.39, 0.29) is 0 Å². The summed E-state index contributed by atoms with van der Waals surface area (Å²) in [7, 11) is 1.86. The lowest BCUT2D eigenvalue weighted by Crippen LogP contribution is -2.45. The summed E-state index contributed by atoms with van der Waals surface area (Å²) in [6.45, 7) is 4.60. The molecule has 94 valence electrons. The molecule has 17 heavy (non-hydrogen) atoms. The number of aliphatic hydroxyl groups is 1. The van der Waals surface area contributed by atoms with E-state index >= 15 is 0 Å². The van der Waals surface area contributed by atoms with Gasteiger partial charge in [0.1, 0.15) is 5.82 Å². The van der Waals surface area contributed by atoms with Gasteiger partial charge in [0.05, 0.1) is 5.60 Å². The molecule has 2 heterocycles. The number of nitrogens with zero attached hydrogens (tertiary/aromatic N) is 2. The molecule has 0 bridgehead atoms. The SMILES string of the molecule is CNc1ccc(CN2CCCC(C)(O)C2)cn1. The van der Waals surface area contributed by atoms with Crippen molar-refractivity contribution in [3.63, 3.8) is 0 Å². The first kappa shape index (κ1) is 12.3. The molecule has 0 aromatic carbocycles. The summed E-state index contributed by atoms with van der Waals surface area (Å²) in [4.78, 5) is 6.59. The number of aromatic nitrogens is 1. The number of rotatable bonds is 3. The molecule has 1 atom stereocenters. The number of likely N-dealkylation sites (tertiary alicyclic amines) is 1. The van der Waals surface area contributed by atoms with Crippen LogP contribution in [0.4, 0.5) is 5.82 Å². The highest BCUT2D eigenvalue weighted by Gasteiger charge is 2.28. The number of anilines is 1. The van der Waals surface area contributed by atoms with E-state index in [0.717, 1.165) is 38.3 Å². The summed E-state index contributed by atoms with van der Waals surface area (Å²) >= 11 is 0. The van der Waals surface area contributed by atoms with Crippen LogP contribution in [0.15, 0.2) is 18.3 Å². The first-order chi connectivity index (χ1) is 8.09. The minimum absolute atomic E-state index is 0.531. The van der Waals surface area contributed by atoms with Gasteiger partial charge in [0.2, 0.25) is 0 Å². The third-order valence-corrected chi connectivity index (χ3v) is 3.24. The molecule has 1 aromatic rings. The zero-order valence-electron chi connectivity index (χ0n) is 10.6. The van der Waals surface area contributed by atoms with Crippen molar-refractivity contribution >= 4 is 5.82 Å². The number of nitrogens with one attached hydrogen (secondary N) is 1. The van der Waals surface area contributed by atoms with Crippen molar-refractivity contribution in [2.75, 3.05) is 25.5 Å². The molecule has 0 aliphatic carbocycles.